The number of hydrogen-bond donors (Lipinski definition) is 1. The Morgan fingerprint density at radius 3 is 3.12 bits per heavy atom. The Morgan fingerprint density at radius 1 is 1.47 bits per heavy atom. The number of nitrogens with zero attached hydrogens (tertiary/aromatic N) is 2. The number of nitrogens with one attached hydrogen (secondary N) is 1. The third-order valence-electron chi connectivity index (χ3n) is 2.84. The number of piperidine rings is 1. The van der Waals surface area contributed by atoms with E-state index in [9.17, 15) is 0 Å². The number of thiophene rings is 1. The van der Waals surface area contributed by atoms with E-state index in [0.717, 1.165) is 22.3 Å². The molecule has 1 saturated heterocycles. The van der Waals surface area contributed by atoms with Gasteiger partial charge in [0, 0.05) is 9.85 Å². The molecular weight excluding hydrogens is 302 g/mol. The number of rotatable bonds is 2. The van der Waals surface area contributed by atoms with Crippen molar-refractivity contribution in [3.63, 3.8) is 0 Å². The highest BCUT2D eigenvalue weighted by Crippen LogP contribution is 2.29. The van der Waals surface area contributed by atoms with Crippen molar-refractivity contribution < 1.29 is 4.52 Å². The van der Waals surface area contributed by atoms with Gasteiger partial charge < -0.3 is 9.84 Å². The summed E-state index contributed by atoms with van der Waals surface area (Å²) >= 11 is 5.04. The van der Waals surface area contributed by atoms with Crippen molar-refractivity contribution in [3.8, 4) is 10.7 Å². The molecule has 0 bridgehead atoms. The fourth-order valence-corrected chi connectivity index (χ4v) is 3.32. The zero-order chi connectivity index (χ0) is 11.7. The molecule has 2 aromatic heterocycles. The highest BCUT2D eigenvalue weighted by Gasteiger charge is 2.21. The van der Waals surface area contributed by atoms with E-state index < -0.39 is 0 Å². The first kappa shape index (κ1) is 11.4. The largest absolute Gasteiger partial charge is 0.337 e. The topological polar surface area (TPSA) is 51.0 Å². The first-order valence-electron chi connectivity index (χ1n) is 5.64. The van der Waals surface area contributed by atoms with Gasteiger partial charge in [0.2, 0.25) is 11.7 Å². The van der Waals surface area contributed by atoms with Crippen LogP contribution < -0.4 is 5.32 Å². The molecule has 3 heterocycles. The molecule has 1 N–H and O–H groups in total. The maximum atomic E-state index is 5.34. The molecule has 0 saturated carbocycles. The molecule has 2 aromatic rings. The standard InChI is InChI=1S/C11H12BrN3OS/c12-7-5-9(17-6-7)10-14-11(16-15-10)8-3-1-2-4-13-8/h5-6,8,13H,1-4H2/t8-/m1/s1. The molecule has 3 rings (SSSR count). The van der Waals surface area contributed by atoms with Crippen molar-refractivity contribution >= 4 is 27.3 Å². The van der Waals surface area contributed by atoms with E-state index in [2.05, 4.69) is 31.4 Å². The summed E-state index contributed by atoms with van der Waals surface area (Å²) in [4.78, 5) is 5.50. The van der Waals surface area contributed by atoms with Gasteiger partial charge in [0.15, 0.2) is 0 Å². The Bertz CT molecular complexity index is 504. The Kier molecular flexibility index (Phi) is 3.26. The van der Waals surface area contributed by atoms with Crippen LogP contribution in [0.1, 0.15) is 31.2 Å². The van der Waals surface area contributed by atoms with E-state index in [1.807, 2.05) is 11.4 Å². The van der Waals surface area contributed by atoms with Crippen LogP contribution in [0.2, 0.25) is 0 Å². The quantitative estimate of drug-likeness (QED) is 0.923. The predicted molar refractivity (Wildman–Crippen MR) is 69.9 cm³/mol. The van der Waals surface area contributed by atoms with Gasteiger partial charge in [0.25, 0.3) is 0 Å². The first-order valence-corrected chi connectivity index (χ1v) is 7.31. The van der Waals surface area contributed by atoms with Crippen molar-refractivity contribution in [3.05, 3.63) is 21.8 Å². The van der Waals surface area contributed by atoms with Crippen LogP contribution in [-0.2, 0) is 0 Å². The van der Waals surface area contributed by atoms with Crippen molar-refractivity contribution in [2.24, 2.45) is 0 Å². The van der Waals surface area contributed by atoms with Crippen LogP contribution >= 0.6 is 27.3 Å². The summed E-state index contributed by atoms with van der Waals surface area (Å²) < 4.78 is 6.39. The Hall–Kier alpha value is -0.720. The van der Waals surface area contributed by atoms with Gasteiger partial charge in [-0.05, 0) is 41.4 Å². The molecule has 1 aliphatic rings. The normalized spacial score (nSPS) is 20.6. The summed E-state index contributed by atoms with van der Waals surface area (Å²) in [5.74, 6) is 1.40. The molecule has 4 nitrogen and oxygen atoms in total. The second-order valence-corrected chi connectivity index (χ2v) is 5.91. The monoisotopic (exact) mass is 313 g/mol. The average Bonchev–Trinajstić information content (AvgIpc) is 2.98. The van der Waals surface area contributed by atoms with Gasteiger partial charge in [-0.3, -0.25) is 0 Å². The van der Waals surface area contributed by atoms with Gasteiger partial charge >= 0.3 is 0 Å². The van der Waals surface area contributed by atoms with Crippen LogP contribution in [0.5, 0.6) is 0 Å². The first-order chi connectivity index (χ1) is 8.33. The molecule has 90 valence electrons. The molecule has 1 fully saturated rings. The van der Waals surface area contributed by atoms with Gasteiger partial charge in [-0.25, -0.2) is 0 Å². The van der Waals surface area contributed by atoms with E-state index in [1.165, 1.54) is 12.8 Å². The third kappa shape index (κ3) is 2.43. The fourth-order valence-electron chi connectivity index (χ4n) is 1.97. The minimum Gasteiger partial charge on any atom is -0.337 e. The SMILES string of the molecule is Brc1csc(-c2noc([C@H]3CCCCN3)n2)c1. The third-order valence-corrected chi connectivity index (χ3v) is 4.53. The summed E-state index contributed by atoms with van der Waals surface area (Å²) in [7, 11) is 0. The van der Waals surface area contributed by atoms with Gasteiger partial charge in [0.1, 0.15) is 0 Å². The van der Waals surface area contributed by atoms with Crippen molar-refractivity contribution in [1.82, 2.24) is 15.5 Å². The minimum absolute atomic E-state index is 0.230. The molecule has 17 heavy (non-hydrogen) atoms. The summed E-state index contributed by atoms with van der Waals surface area (Å²) in [6.45, 7) is 1.03. The summed E-state index contributed by atoms with van der Waals surface area (Å²) in [6, 6.07) is 2.24. The summed E-state index contributed by atoms with van der Waals surface area (Å²) in [5, 5.41) is 9.46. The van der Waals surface area contributed by atoms with Crippen LogP contribution in [-0.4, -0.2) is 16.7 Å². The molecular formula is C11H12BrN3OS. The van der Waals surface area contributed by atoms with Crippen LogP contribution in [0.25, 0.3) is 10.7 Å². The fraction of sp³-hybridized carbons (Fsp3) is 0.455. The minimum atomic E-state index is 0.230. The highest BCUT2D eigenvalue weighted by molar-refractivity contribution is 9.10. The predicted octanol–water partition coefficient (Wildman–Crippen LogP) is 3.38. The Balaban J connectivity index is 1.82. The van der Waals surface area contributed by atoms with Crippen LogP contribution in [0.15, 0.2) is 20.4 Å². The number of hydrogen-bond acceptors (Lipinski definition) is 5. The Labute approximate surface area is 112 Å². The smallest absolute Gasteiger partial charge is 0.244 e. The van der Waals surface area contributed by atoms with E-state index in [4.69, 9.17) is 4.52 Å². The number of halogens is 1. The average molecular weight is 314 g/mol. The summed E-state index contributed by atoms with van der Waals surface area (Å²) in [5.41, 5.74) is 0. The summed E-state index contributed by atoms with van der Waals surface area (Å²) in [6.07, 6.45) is 3.53. The molecule has 0 radical (unpaired) electrons. The second-order valence-electron chi connectivity index (χ2n) is 4.09. The van der Waals surface area contributed by atoms with Crippen molar-refractivity contribution in [1.29, 1.82) is 0 Å². The molecule has 6 heteroatoms. The Morgan fingerprint density at radius 2 is 2.41 bits per heavy atom. The lowest BCUT2D eigenvalue weighted by Crippen LogP contribution is -2.26. The molecule has 1 aliphatic heterocycles. The van der Waals surface area contributed by atoms with Gasteiger partial charge in [-0.15, -0.1) is 11.3 Å². The number of aromatic nitrogens is 2. The lowest BCUT2D eigenvalue weighted by molar-refractivity contribution is 0.297. The second kappa shape index (κ2) is 4.88. The van der Waals surface area contributed by atoms with E-state index >= 15 is 0 Å². The maximum absolute atomic E-state index is 5.34. The molecule has 0 spiro atoms. The molecule has 0 aromatic carbocycles. The van der Waals surface area contributed by atoms with Gasteiger partial charge in [0.05, 0.1) is 10.9 Å². The molecule has 0 amide bonds. The van der Waals surface area contributed by atoms with Gasteiger partial charge in [-0.2, -0.15) is 4.98 Å². The molecule has 1 atom stereocenters. The van der Waals surface area contributed by atoms with Crippen LogP contribution in [0, 0.1) is 0 Å². The maximum Gasteiger partial charge on any atom is 0.244 e. The van der Waals surface area contributed by atoms with E-state index in [0.29, 0.717) is 11.7 Å². The highest BCUT2D eigenvalue weighted by atomic mass is 79.9. The van der Waals surface area contributed by atoms with Crippen molar-refractivity contribution in [2.75, 3.05) is 6.54 Å². The molecule has 0 unspecified atom stereocenters. The van der Waals surface area contributed by atoms with E-state index in [-0.39, 0.29) is 6.04 Å². The lowest BCUT2D eigenvalue weighted by Gasteiger charge is -2.19. The van der Waals surface area contributed by atoms with Crippen LogP contribution in [0.3, 0.4) is 0 Å². The van der Waals surface area contributed by atoms with Crippen LogP contribution in [0.4, 0.5) is 0 Å². The van der Waals surface area contributed by atoms with E-state index in [1.54, 1.807) is 11.3 Å². The zero-order valence-electron chi connectivity index (χ0n) is 9.15. The lowest BCUT2D eigenvalue weighted by atomic mass is 10.1. The zero-order valence-corrected chi connectivity index (χ0v) is 11.6. The van der Waals surface area contributed by atoms with Crippen molar-refractivity contribution in [2.45, 2.75) is 25.3 Å². The molecule has 0 aliphatic carbocycles. The van der Waals surface area contributed by atoms with Gasteiger partial charge in [-0.1, -0.05) is 11.6 Å².